The van der Waals surface area contributed by atoms with Crippen molar-refractivity contribution in [2.24, 2.45) is 0 Å². The van der Waals surface area contributed by atoms with Gasteiger partial charge in [0.15, 0.2) is 0 Å². The Kier molecular flexibility index (Phi) is 6.50. The Morgan fingerprint density at radius 2 is 1.76 bits per heavy atom. The molecule has 0 atom stereocenters. The molecule has 0 aliphatic heterocycles. The zero-order valence-corrected chi connectivity index (χ0v) is 19.1. The van der Waals surface area contributed by atoms with Crippen LogP contribution in [0.1, 0.15) is 29.8 Å². The second kappa shape index (κ2) is 9.65. The maximum absolute atomic E-state index is 13.6. The summed E-state index contributed by atoms with van der Waals surface area (Å²) in [5.41, 5.74) is 4.62. The lowest BCUT2D eigenvalue weighted by Gasteiger charge is -2.11. The molecule has 0 saturated carbocycles. The first-order chi connectivity index (χ1) is 16.0. The standard InChI is InChI=1S/C28H27NO4/c1-5-19-8-6-7-9-24(19)29-28(30)26-23-16-22(32-17-18(2)3)14-15-25(23)33-27(26)20-10-12-21(31-4)13-11-20/h6-16H,2,5,17H2,1,3-4H3,(H,29,30). The summed E-state index contributed by atoms with van der Waals surface area (Å²) in [5, 5.41) is 3.77. The average molecular weight is 442 g/mol. The fraction of sp³-hybridized carbons (Fsp3) is 0.179. The van der Waals surface area contributed by atoms with Gasteiger partial charge in [-0.3, -0.25) is 4.79 Å². The molecule has 33 heavy (non-hydrogen) atoms. The SMILES string of the molecule is C=C(C)COc1ccc2oc(-c3ccc(OC)cc3)c(C(=O)Nc3ccccc3CC)c2c1. The van der Waals surface area contributed by atoms with Gasteiger partial charge in [0.1, 0.15) is 29.4 Å². The number of methoxy groups -OCH3 is 1. The van der Waals surface area contributed by atoms with E-state index in [-0.39, 0.29) is 5.91 Å². The molecule has 1 heterocycles. The van der Waals surface area contributed by atoms with Gasteiger partial charge in [0.05, 0.1) is 12.7 Å². The molecule has 1 N–H and O–H groups in total. The molecule has 0 saturated heterocycles. The number of aryl methyl sites for hydroxylation is 1. The second-order valence-corrected chi connectivity index (χ2v) is 7.90. The Bertz CT molecular complexity index is 1300. The highest BCUT2D eigenvalue weighted by molar-refractivity contribution is 6.16. The molecule has 0 unspecified atom stereocenters. The molecular weight excluding hydrogens is 414 g/mol. The first-order valence-electron chi connectivity index (χ1n) is 10.9. The van der Waals surface area contributed by atoms with E-state index in [1.165, 1.54) is 0 Å². The number of benzene rings is 3. The highest BCUT2D eigenvalue weighted by Gasteiger charge is 2.23. The number of ether oxygens (including phenoxy) is 2. The third-order valence-corrected chi connectivity index (χ3v) is 5.37. The summed E-state index contributed by atoms with van der Waals surface area (Å²) < 4.78 is 17.3. The van der Waals surface area contributed by atoms with Crippen LogP contribution in [0, 0.1) is 0 Å². The van der Waals surface area contributed by atoms with Gasteiger partial charge in [-0.1, -0.05) is 31.7 Å². The molecule has 0 bridgehead atoms. The van der Waals surface area contributed by atoms with E-state index in [1.54, 1.807) is 7.11 Å². The van der Waals surface area contributed by atoms with Crippen molar-refractivity contribution < 1.29 is 18.7 Å². The van der Waals surface area contributed by atoms with E-state index in [4.69, 9.17) is 13.9 Å². The zero-order valence-electron chi connectivity index (χ0n) is 19.1. The van der Waals surface area contributed by atoms with Gasteiger partial charge in [-0.25, -0.2) is 0 Å². The van der Waals surface area contributed by atoms with Gasteiger partial charge in [-0.15, -0.1) is 0 Å². The molecule has 0 aliphatic rings. The number of carbonyl (C=O) groups is 1. The van der Waals surface area contributed by atoms with Crippen LogP contribution in [0.25, 0.3) is 22.3 Å². The molecule has 0 spiro atoms. The highest BCUT2D eigenvalue weighted by atomic mass is 16.5. The molecule has 0 aliphatic carbocycles. The van der Waals surface area contributed by atoms with Crippen molar-refractivity contribution in [3.8, 4) is 22.8 Å². The van der Waals surface area contributed by atoms with Crippen LogP contribution in [0.3, 0.4) is 0 Å². The van der Waals surface area contributed by atoms with Crippen molar-refractivity contribution in [1.29, 1.82) is 0 Å². The van der Waals surface area contributed by atoms with E-state index >= 15 is 0 Å². The molecule has 168 valence electrons. The van der Waals surface area contributed by atoms with E-state index < -0.39 is 0 Å². The van der Waals surface area contributed by atoms with Gasteiger partial charge in [0.2, 0.25) is 0 Å². The van der Waals surface area contributed by atoms with Gasteiger partial charge in [0.25, 0.3) is 5.91 Å². The number of hydrogen-bond donors (Lipinski definition) is 1. The molecular formula is C28H27NO4. The maximum atomic E-state index is 13.6. The molecule has 5 nitrogen and oxygen atoms in total. The summed E-state index contributed by atoms with van der Waals surface area (Å²) in [5.74, 6) is 1.64. The summed E-state index contributed by atoms with van der Waals surface area (Å²) >= 11 is 0. The Hall–Kier alpha value is -3.99. The molecule has 5 heteroatoms. The average Bonchev–Trinajstić information content (AvgIpc) is 3.22. The van der Waals surface area contributed by atoms with Crippen LogP contribution < -0.4 is 14.8 Å². The van der Waals surface area contributed by atoms with Crippen molar-refractivity contribution in [3.05, 3.63) is 90.0 Å². The van der Waals surface area contributed by atoms with Gasteiger partial charge >= 0.3 is 0 Å². The minimum atomic E-state index is -0.238. The van der Waals surface area contributed by atoms with Gasteiger partial charge in [-0.2, -0.15) is 0 Å². The van der Waals surface area contributed by atoms with Crippen LogP contribution in [0.15, 0.2) is 83.3 Å². The molecule has 1 amide bonds. The topological polar surface area (TPSA) is 60.7 Å². The quantitative estimate of drug-likeness (QED) is 0.303. The van der Waals surface area contributed by atoms with E-state index in [9.17, 15) is 4.79 Å². The molecule has 0 radical (unpaired) electrons. The first kappa shape index (κ1) is 22.2. The molecule has 3 aromatic carbocycles. The number of rotatable bonds is 8. The van der Waals surface area contributed by atoms with Gasteiger partial charge in [0, 0.05) is 16.6 Å². The van der Waals surface area contributed by atoms with Crippen LogP contribution in [0.5, 0.6) is 11.5 Å². The number of anilines is 1. The Balaban J connectivity index is 1.82. The fourth-order valence-corrected chi connectivity index (χ4v) is 3.68. The summed E-state index contributed by atoms with van der Waals surface area (Å²) in [7, 11) is 1.62. The van der Waals surface area contributed by atoms with Crippen LogP contribution in [0.4, 0.5) is 5.69 Å². The number of fused-ring (bicyclic) bond motifs is 1. The Morgan fingerprint density at radius 3 is 2.45 bits per heavy atom. The van der Waals surface area contributed by atoms with E-state index in [0.29, 0.717) is 34.6 Å². The fourth-order valence-electron chi connectivity index (χ4n) is 3.68. The molecule has 0 fully saturated rings. The van der Waals surface area contributed by atoms with E-state index in [1.807, 2.05) is 73.7 Å². The van der Waals surface area contributed by atoms with Gasteiger partial charge in [-0.05, 0) is 73.0 Å². The minimum absolute atomic E-state index is 0.238. The Morgan fingerprint density at radius 1 is 1.03 bits per heavy atom. The van der Waals surface area contributed by atoms with Crippen molar-refractivity contribution >= 4 is 22.6 Å². The number of carbonyl (C=O) groups excluding carboxylic acids is 1. The van der Waals surface area contributed by atoms with Crippen LogP contribution in [-0.2, 0) is 6.42 Å². The van der Waals surface area contributed by atoms with Crippen molar-refractivity contribution in [1.82, 2.24) is 0 Å². The van der Waals surface area contributed by atoms with Crippen LogP contribution in [0.2, 0.25) is 0 Å². The summed E-state index contributed by atoms with van der Waals surface area (Å²) in [4.78, 5) is 13.6. The van der Waals surface area contributed by atoms with Crippen molar-refractivity contribution in [2.45, 2.75) is 20.3 Å². The summed E-state index contributed by atoms with van der Waals surface area (Å²) in [6.45, 7) is 8.25. The zero-order chi connectivity index (χ0) is 23.4. The number of para-hydroxylation sites is 1. The van der Waals surface area contributed by atoms with E-state index in [0.717, 1.165) is 34.6 Å². The summed E-state index contributed by atoms with van der Waals surface area (Å²) in [6, 6.07) is 20.8. The minimum Gasteiger partial charge on any atom is -0.497 e. The molecule has 4 rings (SSSR count). The van der Waals surface area contributed by atoms with Gasteiger partial charge < -0.3 is 19.2 Å². The highest BCUT2D eigenvalue weighted by Crippen LogP contribution is 2.37. The third-order valence-electron chi connectivity index (χ3n) is 5.37. The lowest BCUT2D eigenvalue weighted by Crippen LogP contribution is -2.13. The first-order valence-corrected chi connectivity index (χ1v) is 10.9. The molecule has 4 aromatic rings. The third kappa shape index (κ3) is 4.77. The summed E-state index contributed by atoms with van der Waals surface area (Å²) in [6.07, 6.45) is 0.812. The van der Waals surface area contributed by atoms with Crippen LogP contribution >= 0.6 is 0 Å². The monoisotopic (exact) mass is 441 g/mol. The number of furan rings is 1. The van der Waals surface area contributed by atoms with Crippen molar-refractivity contribution in [3.63, 3.8) is 0 Å². The maximum Gasteiger partial charge on any atom is 0.260 e. The Labute approximate surface area is 193 Å². The number of hydrogen-bond acceptors (Lipinski definition) is 4. The molecule has 1 aromatic heterocycles. The smallest absolute Gasteiger partial charge is 0.260 e. The number of amides is 1. The number of nitrogens with one attached hydrogen (secondary N) is 1. The van der Waals surface area contributed by atoms with E-state index in [2.05, 4.69) is 18.8 Å². The predicted octanol–water partition coefficient (Wildman–Crippen LogP) is 6.88. The predicted molar refractivity (Wildman–Crippen MR) is 132 cm³/mol. The van der Waals surface area contributed by atoms with Crippen molar-refractivity contribution in [2.75, 3.05) is 19.0 Å². The lowest BCUT2D eigenvalue weighted by atomic mass is 10.0. The van der Waals surface area contributed by atoms with Crippen LogP contribution in [-0.4, -0.2) is 19.6 Å². The largest absolute Gasteiger partial charge is 0.497 e. The lowest BCUT2D eigenvalue weighted by molar-refractivity contribution is 0.102. The normalized spacial score (nSPS) is 10.8. The second-order valence-electron chi connectivity index (χ2n) is 7.90.